The number of hydrogen-bond acceptors (Lipinski definition) is 5. The number of hydrogen-bond donors (Lipinski definition) is 0. The van der Waals surface area contributed by atoms with Crippen molar-refractivity contribution < 1.29 is 0 Å². The van der Waals surface area contributed by atoms with E-state index in [0.717, 1.165) is 10.9 Å². The zero-order chi connectivity index (χ0) is 13.6. The number of thioether (sulfide) groups is 2. The Bertz CT molecular complexity index is 296. The maximum Gasteiger partial charge on any atom is 0.190 e. The Hall–Kier alpha value is -0.290. The highest BCUT2D eigenvalue weighted by atomic mass is 32.2. The average Bonchev–Trinajstić information content (AvgIpc) is 2.46. The minimum atomic E-state index is 0.843. The first-order chi connectivity index (χ1) is 9.43. The summed E-state index contributed by atoms with van der Waals surface area (Å²) in [4.78, 5) is 12.0. The van der Waals surface area contributed by atoms with Crippen molar-refractivity contribution in [3.63, 3.8) is 0 Å². The van der Waals surface area contributed by atoms with Gasteiger partial charge in [-0.2, -0.15) is 11.8 Å². The Kier molecular flexibility index (Phi) is 11.2. The van der Waals surface area contributed by atoms with Crippen LogP contribution in [-0.4, -0.2) is 32.2 Å². The van der Waals surface area contributed by atoms with Crippen LogP contribution in [0.4, 0.5) is 0 Å². The van der Waals surface area contributed by atoms with Gasteiger partial charge in [0.2, 0.25) is 0 Å². The van der Waals surface area contributed by atoms with Gasteiger partial charge in [-0.3, -0.25) is 0 Å². The smallest absolute Gasteiger partial charge is 0.190 e. The van der Waals surface area contributed by atoms with E-state index >= 15 is 0 Å². The Morgan fingerprint density at radius 3 is 2.32 bits per heavy atom. The van der Waals surface area contributed by atoms with E-state index in [0.29, 0.717) is 0 Å². The lowest BCUT2D eigenvalue weighted by Gasteiger charge is -2.02. The lowest BCUT2D eigenvalue weighted by Crippen LogP contribution is -1.90. The van der Waals surface area contributed by atoms with Gasteiger partial charge >= 0.3 is 0 Å². The summed E-state index contributed by atoms with van der Waals surface area (Å²) in [5.41, 5.74) is 0. The molecule has 5 heteroatoms. The van der Waals surface area contributed by atoms with E-state index < -0.39 is 0 Å². The Morgan fingerprint density at radius 1 is 0.842 bits per heavy atom. The fourth-order valence-electron chi connectivity index (χ4n) is 1.71. The zero-order valence-electron chi connectivity index (χ0n) is 11.9. The number of nitrogens with zero attached hydrogens (tertiary/aromatic N) is 3. The minimum Gasteiger partial charge on any atom is -0.225 e. The lowest BCUT2D eigenvalue weighted by molar-refractivity contribution is 0.627. The summed E-state index contributed by atoms with van der Waals surface area (Å²) in [5, 5.41) is 0.843. The molecule has 1 aromatic heterocycles. The molecule has 0 amide bonds. The monoisotopic (exact) mass is 299 g/mol. The van der Waals surface area contributed by atoms with Gasteiger partial charge < -0.3 is 0 Å². The highest BCUT2D eigenvalue weighted by Gasteiger charge is 1.96. The van der Waals surface area contributed by atoms with Crippen molar-refractivity contribution >= 4 is 23.5 Å². The second-order valence-electron chi connectivity index (χ2n) is 4.50. The zero-order valence-corrected chi connectivity index (χ0v) is 13.5. The topological polar surface area (TPSA) is 38.7 Å². The molecule has 1 rings (SSSR count). The van der Waals surface area contributed by atoms with Gasteiger partial charge in [0.15, 0.2) is 5.16 Å². The molecule has 1 heterocycles. The first-order valence-electron chi connectivity index (χ1n) is 7.26. The molecule has 0 bridgehead atoms. The van der Waals surface area contributed by atoms with Crippen LogP contribution in [0.3, 0.4) is 0 Å². The second-order valence-corrected chi connectivity index (χ2v) is 6.79. The molecule has 0 fully saturated rings. The summed E-state index contributed by atoms with van der Waals surface area (Å²) >= 11 is 3.81. The van der Waals surface area contributed by atoms with E-state index in [1.807, 2.05) is 0 Å². The Morgan fingerprint density at radius 2 is 1.53 bits per heavy atom. The van der Waals surface area contributed by atoms with Crippen molar-refractivity contribution in [2.24, 2.45) is 0 Å². The summed E-state index contributed by atoms with van der Waals surface area (Å²) in [7, 11) is 0. The van der Waals surface area contributed by atoms with Crippen LogP contribution in [0.5, 0.6) is 0 Å². The summed E-state index contributed by atoms with van der Waals surface area (Å²) < 4.78 is 0. The molecular weight excluding hydrogens is 274 g/mol. The standard InChI is InChI=1S/C14H25N3S2/c1-2-3-4-5-6-7-9-18-10-8-11-19-14-16-12-15-13-17-14/h12-13H,2-11H2,1H3. The lowest BCUT2D eigenvalue weighted by atomic mass is 10.1. The fourth-order valence-corrected chi connectivity index (χ4v) is 3.57. The summed E-state index contributed by atoms with van der Waals surface area (Å²) in [6.07, 6.45) is 12.7. The molecule has 1 aromatic rings. The van der Waals surface area contributed by atoms with Crippen molar-refractivity contribution in [3.05, 3.63) is 12.7 Å². The first-order valence-corrected chi connectivity index (χ1v) is 9.40. The van der Waals surface area contributed by atoms with Crippen molar-refractivity contribution in [1.82, 2.24) is 15.0 Å². The van der Waals surface area contributed by atoms with E-state index in [4.69, 9.17) is 0 Å². The van der Waals surface area contributed by atoms with Gasteiger partial charge in [0.1, 0.15) is 12.7 Å². The van der Waals surface area contributed by atoms with Crippen molar-refractivity contribution in [1.29, 1.82) is 0 Å². The van der Waals surface area contributed by atoms with Crippen LogP contribution in [0.2, 0.25) is 0 Å². The predicted octanol–water partition coefficient (Wildman–Crippen LogP) is 4.45. The maximum atomic E-state index is 4.10. The summed E-state index contributed by atoms with van der Waals surface area (Å²) in [5.74, 6) is 3.68. The third-order valence-electron chi connectivity index (χ3n) is 2.78. The van der Waals surface area contributed by atoms with Crippen LogP contribution >= 0.6 is 23.5 Å². The molecule has 0 spiro atoms. The second kappa shape index (κ2) is 12.7. The number of aromatic nitrogens is 3. The van der Waals surface area contributed by atoms with E-state index in [1.54, 1.807) is 24.4 Å². The SMILES string of the molecule is CCCCCCCCSCCCSc1ncncn1. The molecule has 0 unspecified atom stereocenters. The van der Waals surface area contributed by atoms with Crippen LogP contribution in [0, 0.1) is 0 Å². The van der Waals surface area contributed by atoms with E-state index in [2.05, 4.69) is 33.6 Å². The maximum absolute atomic E-state index is 4.10. The van der Waals surface area contributed by atoms with Gasteiger partial charge in [-0.15, -0.1) is 0 Å². The van der Waals surface area contributed by atoms with Crippen molar-refractivity contribution in [2.75, 3.05) is 17.3 Å². The van der Waals surface area contributed by atoms with Gasteiger partial charge in [-0.25, -0.2) is 15.0 Å². The fraction of sp³-hybridized carbons (Fsp3) is 0.786. The molecule has 0 saturated carbocycles. The van der Waals surface area contributed by atoms with Gasteiger partial charge in [0.25, 0.3) is 0 Å². The molecule has 0 N–H and O–H groups in total. The van der Waals surface area contributed by atoms with E-state index in [1.165, 1.54) is 56.5 Å². The third-order valence-corrected chi connectivity index (χ3v) is 4.89. The average molecular weight is 300 g/mol. The molecule has 19 heavy (non-hydrogen) atoms. The molecule has 108 valence electrons. The quantitative estimate of drug-likeness (QED) is 0.421. The number of unbranched alkanes of at least 4 members (excludes halogenated alkanes) is 5. The molecule has 0 aliphatic carbocycles. The molecule has 0 radical (unpaired) electrons. The van der Waals surface area contributed by atoms with E-state index in [-0.39, 0.29) is 0 Å². The molecular formula is C14H25N3S2. The molecule has 0 aromatic carbocycles. The normalized spacial score (nSPS) is 10.8. The Balaban J connectivity index is 1.79. The van der Waals surface area contributed by atoms with Crippen LogP contribution in [-0.2, 0) is 0 Å². The molecule has 0 aliphatic rings. The largest absolute Gasteiger partial charge is 0.225 e. The van der Waals surface area contributed by atoms with Crippen LogP contribution in [0.15, 0.2) is 17.8 Å². The minimum absolute atomic E-state index is 0.843. The predicted molar refractivity (Wildman–Crippen MR) is 85.9 cm³/mol. The van der Waals surface area contributed by atoms with Gasteiger partial charge in [0, 0.05) is 5.75 Å². The Labute approximate surface area is 125 Å². The van der Waals surface area contributed by atoms with Crippen LogP contribution in [0.1, 0.15) is 51.9 Å². The highest BCUT2D eigenvalue weighted by Crippen LogP contribution is 2.15. The molecule has 3 nitrogen and oxygen atoms in total. The van der Waals surface area contributed by atoms with Crippen LogP contribution in [0.25, 0.3) is 0 Å². The highest BCUT2D eigenvalue weighted by molar-refractivity contribution is 8.00. The third kappa shape index (κ3) is 10.2. The van der Waals surface area contributed by atoms with Crippen molar-refractivity contribution in [3.8, 4) is 0 Å². The van der Waals surface area contributed by atoms with E-state index in [9.17, 15) is 0 Å². The van der Waals surface area contributed by atoms with Gasteiger partial charge in [-0.1, -0.05) is 50.8 Å². The first kappa shape index (κ1) is 16.8. The number of rotatable bonds is 12. The summed E-state index contributed by atoms with van der Waals surface area (Å²) in [6.45, 7) is 2.27. The van der Waals surface area contributed by atoms with Crippen LogP contribution < -0.4 is 0 Å². The molecule has 0 atom stereocenters. The van der Waals surface area contributed by atoms with Gasteiger partial charge in [0.05, 0.1) is 0 Å². The summed E-state index contributed by atoms with van der Waals surface area (Å²) in [6, 6.07) is 0. The molecule has 0 saturated heterocycles. The molecule has 0 aliphatic heterocycles. The van der Waals surface area contributed by atoms with Crippen molar-refractivity contribution in [2.45, 2.75) is 57.0 Å². The van der Waals surface area contributed by atoms with Gasteiger partial charge in [-0.05, 0) is 24.3 Å².